The van der Waals surface area contributed by atoms with Gasteiger partial charge in [0, 0.05) is 19.4 Å². The molecule has 96 valence electrons. The Hall–Kier alpha value is -1.13. The third-order valence-corrected chi connectivity index (χ3v) is 2.67. The van der Waals surface area contributed by atoms with E-state index in [9.17, 15) is 4.79 Å². The van der Waals surface area contributed by atoms with Crippen LogP contribution in [-0.4, -0.2) is 36.4 Å². The molecule has 1 rings (SSSR count). The van der Waals surface area contributed by atoms with Crippen LogP contribution in [0.5, 0.6) is 0 Å². The molecule has 1 aromatic heterocycles. The van der Waals surface area contributed by atoms with Gasteiger partial charge in [0.2, 0.25) is 5.91 Å². The van der Waals surface area contributed by atoms with Crippen LogP contribution < -0.4 is 5.32 Å². The molecule has 1 amide bonds. The molecule has 0 fully saturated rings. The summed E-state index contributed by atoms with van der Waals surface area (Å²) in [4.78, 5) is 17.5. The van der Waals surface area contributed by atoms with Crippen LogP contribution in [0.2, 0.25) is 0 Å². The molecule has 1 aromatic rings. The molecule has 0 spiro atoms. The molecule has 0 aliphatic rings. The summed E-state index contributed by atoms with van der Waals surface area (Å²) >= 11 is 0. The van der Waals surface area contributed by atoms with Gasteiger partial charge >= 0.3 is 0 Å². The van der Waals surface area contributed by atoms with Gasteiger partial charge in [-0.05, 0) is 31.2 Å². The number of rotatable bonds is 5. The first-order valence-corrected chi connectivity index (χ1v) is 5.50. The van der Waals surface area contributed by atoms with Crippen LogP contribution in [-0.2, 0) is 4.79 Å². The smallest absolute Gasteiger partial charge is 0.236 e. The fraction of sp³-hybridized carbons (Fsp3) is 0.500. The van der Waals surface area contributed by atoms with Crippen molar-refractivity contribution in [1.29, 1.82) is 0 Å². The van der Waals surface area contributed by atoms with Gasteiger partial charge in [-0.25, -0.2) is 0 Å². The average molecular weight is 258 g/mol. The molecule has 4 nitrogen and oxygen atoms in total. The number of nitrogens with zero attached hydrogens (tertiary/aromatic N) is 2. The maximum absolute atomic E-state index is 11.8. The lowest BCUT2D eigenvalue weighted by atomic mass is 10.0. The van der Waals surface area contributed by atoms with Gasteiger partial charge in [-0.15, -0.1) is 12.4 Å². The molecule has 0 radical (unpaired) electrons. The number of halogens is 1. The predicted octanol–water partition coefficient (Wildman–Crippen LogP) is 1.63. The third kappa shape index (κ3) is 4.32. The second-order valence-corrected chi connectivity index (χ2v) is 3.74. The summed E-state index contributed by atoms with van der Waals surface area (Å²) < 4.78 is 0. The van der Waals surface area contributed by atoms with Crippen LogP contribution in [0, 0.1) is 0 Å². The first-order chi connectivity index (χ1) is 7.70. The summed E-state index contributed by atoms with van der Waals surface area (Å²) in [6.45, 7) is 2.45. The van der Waals surface area contributed by atoms with Gasteiger partial charge in [-0.3, -0.25) is 9.78 Å². The van der Waals surface area contributed by atoms with Crippen LogP contribution in [0.1, 0.15) is 24.9 Å². The zero-order valence-electron chi connectivity index (χ0n) is 10.5. The Morgan fingerprint density at radius 1 is 1.47 bits per heavy atom. The average Bonchev–Trinajstić information content (AvgIpc) is 2.31. The zero-order chi connectivity index (χ0) is 12.0. The van der Waals surface area contributed by atoms with E-state index in [-0.39, 0.29) is 24.4 Å². The van der Waals surface area contributed by atoms with E-state index < -0.39 is 0 Å². The Morgan fingerprint density at radius 3 is 2.53 bits per heavy atom. The second-order valence-electron chi connectivity index (χ2n) is 3.74. The molecule has 0 aromatic carbocycles. The molecule has 1 unspecified atom stereocenters. The molecular weight excluding hydrogens is 238 g/mol. The molecule has 1 atom stereocenters. The first-order valence-electron chi connectivity index (χ1n) is 5.50. The van der Waals surface area contributed by atoms with Crippen molar-refractivity contribution >= 4 is 18.3 Å². The lowest BCUT2D eigenvalue weighted by molar-refractivity contribution is -0.131. The van der Waals surface area contributed by atoms with Crippen LogP contribution in [0.4, 0.5) is 0 Å². The molecule has 1 N–H and O–H groups in total. The first kappa shape index (κ1) is 15.9. The Kier molecular flexibility index (Phi) is 7.50. The fourth-order valence-corrected chi connectivity index (χ4v) is 1.77. The number of carbonyl (C=O) groups excluding carboxylic acids is 1. The van der Waals surface area contributed by atoms with Crippen molar-refractivity contribution in [1.82, 2.24) is 15.2 Å². The molecule has 0 saturated carbocycles. The highest BCUT2D eigenvalue weighted by Crippen LogP contribution is 2.21. The quantitative estimate of drug-likeness (QED) is 0.872. The molecule has 0 aliphatic heterocycles. The van der Waals surface area contributed by atoms with E-state index in [0.29, 0.717) is 6.54 Å². The summed E-state index contributed by atoms with van der Waals surface area (Å²) in [6.07, 6.45) is 4.42. The number of amides is 1. The molecule has 17 heavy (non-hydrogen) atoms. The number of likely N-dealkylation sites (N-methyl/N-ethyl adjacent to an activating group) is 2. The number of pyridine rings is 1. The van der Waals surface area contributed by atoms with Crippen LogP contribution in [0.25, 0.3) is 0 Å². The zero-order valence-corrected chi connectivity index (χ0v) is 11.3. The highest BCUT2D eigenvalue weighted by Gasteiger charge is 2.18. The van der Waals surface area contributed by atoms with Crippen molar-refractivity contribution < 1.29 is 4.79 Å². The summed E-state index contributed by atoms with van der Waals surface area (Å²) in [5.41, 5.74) is 1.13. The van der Waals surface area contributed by atoms with Gasteiger partial charge < -0.3 is 10.2 Å². The monoisotopic (exact) mass is 257 g/mol. The van der Waals surface area contributed by atoms with Gasteiger partial charge in [-0.2, -0.15) is 0 Å². The molecule has 0 aliphatic carbocycles. The fourth-order valence-electron chi connectivity index (χ4n) is 1.77. The molecular formula is C12H20ClN3O. The summed E-state index contributed by atoms with van der Waals surface area (Å²) in [5.74, 6) is 0.103. The largest absolute Gasteiger partial charge is 0.338 e. The number of hydrogen-bond donors (Lipinski definition) is 1. The number of aromatic nitrogens is 1. The second kappa shape index (κ2) is 8.03. The SMILES string of the molecule is CCC(c1ccncc1)N(C)C(=O)CNC.Cl. The molecule has 5 heteroatoms. The lowest BCUT2D eigenvalue weighted by Crippen LogP contribution is -2.36. The van der Waals surface area contributed by atoms with Crippen molar-refractivity contribution in [3.8, 4) is 0 Å². The van der Waals surface area contributed by atoms with Crippen molar-refractivity contribution in [2.45, 2.75) is 19.4 Å². The van der Waals surface area contributed by atoms with E-state index >= 15 is 0 Å². The highest BCUT2D eigenvalue weighted by molar-refractivity contribution is 5.85. The summed E-state index contributed by atoms with van der Waals surface area (Å²) in [6, 6.07) is 4.04. The van der Waals surface area contributed by atoms with Gasteiger partial charge in [0.05, 0.1) is 12.6 Å². The van der Waals surface area contributed by atoms with Gasteiger partial charge in [0.15, 0.2) is 0 Å². The van der Waals surface area contributed by atoms with Crippen LogP contribution in [0.3, 0.4) is 0 Å². The standard InChI is InChI=1S/C12H19N3O.ClH/c1-4-11(10-5-7-14-8-6-10)15(3)12(16)9-13-2;/h5-8,11,13H,4,9H2,1-3H3;1H. The Labute approximate surface area is 109 Å². The van der Waals surface area contributed by atoms with Crippen molar-refractivity contribution in [3.63, 3.8) is 0 Å². The van der Waals surface area contributed by atoms with E-state index in [0.717, 1.165) is 12.0 Å². The maximum Gasteiger partial charge on any atom is 0.236 e. The van der Waals surface area contributed by atoms with Crippen molar-refractivity contribution in [2.75, 3.05) is 20.6 Å². The maximum atomic E-state index is 11.8. The number of carbonyl (C=O) groups is 1. The lowest BCUT2D eigenvalue weighted by Gasteiger charge is -2.27. The minimum absolute atomic E-state index is 0. The van der Waals surface area contributed by atoms with Crippen LogP contribution >= 0.6 is 12.4 Å². The van der Waals surface area contributed by atoms with E-state index in [2.05, 4.69) is 17.2 Å². The Bertz CT molecular complexity index is 332. The van der Waals surface area contributed by atoms with Gasteiger partial charge in [0.25, 0.3) is 0 Å². The summed E-state index contributed by atoms with van der Waals surface area (Å²) in [5, 5.41) is 2.88. The highest BCUT2D eigenvalue weighted by atomic mass is 35.5. The third-order valence-electron chi connectivity index (χ3n) is 2.67. The molecule has 1 heterocycles. The molecule has 0 saturated heterocycles. The number of nitrogens with one attached hydrogen (secondary N) is 1. The minimum atomic E-state index is 0. The van der Waals surface area contributed by atoms with Crippen molar-refractivity contribution in [3.05, 3.63) is 30.1 Å². The summed E-state index contributed by atoms with van der Waals surface area (Å²) in [7, 11) is 3.62. The minimum Gasteiger partial charge on any atom is -0.338 e. The van der Waals surface area contributed by atoms with Gasteiger partial charge in [-0.1, -0.05) is 6.92 Å². The van der Waals surface area contributed by atoms with Crippen molar-refractivity contribution in [2.24, 2.45) is 0 Å². The Morgan fingerprint density at radius 2 is 2.06 bits per heavy atom. The topological polar surface area (TPSA) is 45.2 Å². The molecule has 0 bridgehead atoms. The normalized spacial score (nSPS) is 11.5. The Balaban J connectivity index is 0.00000256. The van der Waals surface area contributed by atoms with E-state index in [1.54, 1.807) is 24.3 Å². The van der Waals surface area contributed by atoms with E-state index in [4.69, 9.17) is 0 Å². The number of hydrogen-bond acceptors (Lipinski definition) is 3. The van der Waals surface area contributed by atoms with E-state index in [1.165, 1.54) is 0 Å². The van der Waals surface area contributed by atoms with Crippen LogP contribution in [0.15, 0.2) is 24.5 Å². The predicted molar refractivity (Wildman–Crippen MR) is 71.2 cm³/mol. The van der Waals surface area contributed by atoms with E-state index in [1.807, 2.05) is 19.2 Å². The van der Waals surface area contributed by atoms with Gasteiger partial charge in [0.1, 0.15) is 0 Å².